The molecule has 24 heavy (non-hydrogen) atoms. The van der Waals surface area contributed by atoms with Crippen molar-refractivity contribution in [3.05, 3.63) is 41.7 Å². The van der Waals surface area contributed by atoms with Crippen molar-refractivity contribution in [3.8, 4) is 0 Å². The van der Waals surface area contributed by atoms with Crippen LogP contribution in [0.2, 0.25) is 0 Å². The van der Waals surface area contributed by atoms with Crippen molar-refractivity contribution in [1.29, 1.82) is 0 Å². The first kappa shape index (κ1) is 16.9. The van der Waals surface area contributed by atoms with Gasteiger partial charge in [0.25, 0.3) is 0 Å². The molecular weight excluding hydrogens is 324 g/mol. The Morgan fingerprint density at radius 1 is 1.38 bits per heavy atom. The van der Waals surface area contributed by atoms with E-state index in [4.69, 9.17) is 0 Å². The van der Waals surface area contributed by atoms with Gasteiger partial charge in [0, 0.05) is 24.6 Å². The highest BCUT2D eigenvalue weighted by molar-refractivity contribution is 7.09. The van der Waals surface area contributed by atoms with Gasteiger partial charge in [-0.2, -0.15) is 4.37 Å². The molecular formula is C17H22N4O2S. The van der Waals surface area contributed by atoms with E-state index in [9.17, 15) is 9.90 Å². The lowest BCUT2D eigenvalue weighted by molar-refractivity contribution is 0.0689. The second kappa shape index (κ2) is 7.72. The summed E-state index contributed by atoms with van der Waals surface area (Å²) in [7, 11) is 0. The van der Waals surface area contributed by atoms with Crippen LogP contribution in [0.5, 0.6) is 0 Å². The molecule has 1 aromatic heterocycles. The number of aryl methyl sites for hydroxylation is 1. The van der Waals surface area contributed by atoms with Gasteiger partial charge in [-0.3, -0.25) is 5.32 Å². The molecule has 1 saturated heterocycles. The lowest BCUT2D eigenvalue weighted by atomic mass is 9.88. The van der Waals surface area contributed by atoms with E-state index in [0.717, 1.165) is 18.4 Å². The van der Waals surface area contributed by atoms with Crippen LogP contribution < -0.4 is 5.32 Å². The molecule has 1 fully saturated rings. The number of urea groups is 1. The van der Waals surface area contributed by atoms with Crippen molar-refractivity contribution in [1.82, 2.24) is 14.3 Å². The van der Waals surface area contributed by atoms with Crippen molar-refractivity contribution in [2.45, 2.75) is 32.3 Å². The number of nitrogens with one attached hydrogen (secondary N) is 1. The van der Waals surface area contributed by atoms with Gasteiger partial charge in [-0.05, 0) is 37.7 Å². The molecule has 128 valence electrons. The first-order valence-corrected chi connectivity index (χ1v) is 8.97. The maximum atomic E-state index is 12.2. The number of likely N-dealkylation sites (tertiary alicyclic amines) is 1. The van der Waals surface area contributed by atoms with E-state index in [0.29, 0.717) is 30.5 Å². The summed E-state index contributed by atoms with van der Waals surface area (Å²) in [5.41, 5.74) is 1.15. The Morgan fingerprint density at radius 2 is 2.08 bits per heavy atom. The minimum absolute atomic E-state index is 0.137. The van der Waals surface area contributed by atoms with E-state index in [2.05, 4.69) is 14.7 Å². The van der Waals surface area contributed by atoms with Crippen molar-refractivity contribution >= 4 is 22.7 Å². The Balaban J connectivity index is 1.47. The predicted octanol–water partition coefficient (Wildman–Crippen LogP) is 2.69. The molecule has 2 N–H and O–H groups in total. The molecule has 0 spiro atoms. The molecule has 0 bridgehead atoms. The number of hydrogen-bond acceptors (Lipinski definition) is 5. The van der Waals surface area contributed by atoms with Gasteiger partial charge in [0.1, 0.15) is 5.82 Å². The highest BCUT2D eigenvalue weighted by Crippen LogP contribution is 2.23. The first-order valence-electron chi connectivity index (χ1n) is 8.20. The zero-order valence-electron chi connectivity index (χ0n) is 13.7. The summed E-state index contributed by atoms with van der Waals surface area (Å²) in [6.45, 7) is 3.10. The smallest absolute Gasteiger partial charge is 0.323 e. The van der Waals surface area contributed by atoms with Gasteiger partial charge >= 0.3 is 6.03 Å². The third-order valence-electron chi connectivity index (χ3n) is 4.40. The van der Waals surface area contributed by atoms with E-state index in [1.807, 2.05) is 30.3 Å². The molecule has 0 radical (unpaired) electrons. The molecule has 2 heterocycles. The second-order valence-corrected chi connectivity index (χ2v) is 6.91. The zero-order chi connectivity index (χ0) is 16.9. The number of aromatic nitrogens is 2. The number of nitrogens with zero attached hydrogens (tertiary/aromatic N) is 3. The number of aliphatic hydroxyl groups is 1. The molecule has 1 aliphatic rings. The van der Waals surface area contributed by atoms with Crippen LogP contribution in [-0.4, -0.2) is 44.6 Å². The summed E-state index contributed by atoms with van der Waals surface area (Å²) < 4.78 is 4.05. The van der Waals surface area contributed by atoms with Crippen LogP contribution in [0.1, 0.15) is 24.2 Å². The van der Waals surface area contributed by atoms with Gasteiger partial charge < -0.3 is 10.0 Å². The third-order valence-corrected chi connectivity index (χ3v) is 5.12. The van der Waals surface area contributed by atoms with Gasteiger partial charge in [0.15, 0.2) is 0 Å². The van der Waals surface area contributed by atoms with Crippen LogP contribution in [0.25, 0.3) is 0 Å². The standard InChI is InChI=1S/C17H22N4O2S/c1-12-18-16(24-20-12)19-17(23)21-9-7-14(8-10-21)15(22)11-13-5-3-2-4-6-13/h2-6,14-15,22H,7-11H2,1H3,(H,18,19,20,23). The second-order valence-electron chi connectivity index (χ2n) is 6.16. The largest absolute Gasteiger partial charge is 0.392 e. The average molecular weight is 346 g/mol. The Kier molecular flexibility index (Phi) is 5.42. The molecule has 0 saturated carbocycles. The minimum atomic E-state index is -0.358. The van der Waals surface area contributed by atoms with Crippen LogP contribution in [0.15, 0.2) is 30.3 Å². The summed E-state index contributed by atoms with van der Waals surface area (Å²) in [4.78, 5) is 18.2. The van der Waals surface area contributed by atoms with E-state index >= 15 is 0 Å². The number of anilines is 1. The zero-order valence-corrected chi connectivity index (χ0v) is 14.5. The number of amides is 2. The van der Waals surface area contributed by atoms with E-state index in [1.165, 1.54) is 11.5 Å². The Labute approximate surface area is 145 Å². The molecule has 2 aromatic rings. The number of hydrogen-bond donors (Lipinski definition) is 2. The van der Waals surface area contributed by atoms with E-state index < -0.39 is 0 Å². The first-order chi connectivity index (χ1) is 11.6. The fraction of sp³-hybridized carbons (Fsp3) is 0.471. The number of piperidine rings is 1. The maximum Gasteiger partial charge on any atom is 0.323 e. The van der Waals surface area contributed by atoms with Gasteiger partial charge in [-0.25, -0.2) is 9.78 Å². The van der Waals surface area contributed by atoms with Gasteiger partial charge in [-0.15, -0.1) is 0 Å². The fourth-order valence-electron chi connectivity index (χ4n) is 3.03. The van der Waals surface area contributed by atoms with Crippen molar-refractivity contribution < 1.29 is 9.90 Å². The highest BCUT2D eigenvalue weighted by Gasteiger charge is 2.27. The topological polar surface area (TPSA) is 78.4 Å². The van der Waals surface area contributed by atoms with Crippen LogP contribution in [0.3, 0.4) is 0 Å². The minimum Gasteiger partial charge on any atom is -0.392 e. The Bertz CT molecular complexity index is 668. The molecule has 1 aliphatic heterocycles. The lowest BCUT2D eigenvalue weighted by Gasteiger charge is -2.34. The molecule has 1 unspecified atom stereocenters. The number of aliphatic hydroxyl groups excluding tert-OH is 1. The van der Waals surface area contributed by atoms with Gasteiger partial charge in [0.05, 0.1) is 6.10 Å². The Morgan fingerprint density at radius 3 is 2.71 bits per heavy atom. The summed E-state index contributed by atoms with van der Waals surface area (Å²) in [6.07, 6.45) is 1.94. The quantitative estimate of drug-likeness (QED) is 0.892. The predicted molar refractivity (Wildman–Crippen MR) is 94.1 cm³/mol. The average Bonchev–Trinajstić information content (AvgIpc) is 3.00. The third kappa shape index (κ3) is 4.30. The van der Waals surface area contributed by atoms with Crippen LogP contribution in [0.4, 0.5) is 9.93 Å². The Hall–Kier alpha value is -1.99. The molecule has 2 amide bonds. The summed E-state index contributed by atoms with van der Waals surface area (Å²) >= 11 is 1.19. The molecule has 3 rings (SSSR count). The maximum absolute atomic E-state index is 12.2. The normalized spacial score (nSPS) is 16.8. The van der Waals surface area contributed by atoms with Crippen LogP contribution in [-0.2, 0) is 6.42 Å². The van der Waals surface area contributed by atoms with Crippen molar-refractivity contribution in [3.63, 3.8) is 0 Å². The number of benzene rings is 1. The lowest BCUT2D eigenvalue weighted by Crippen LogP contribution is -2.43. The fourth-order valence-corrected chi connectivity index (χ4v) is 3.59. The number of rotatable bonds is 4. The molecule has 1 atom stereocenters. The highest BCUT2D eigenvalue weighted by atomic mass is 32.1. The molecule has 7 heteroatoms. The molecule has 6 nitrogen and oxygen atoms in total. The van der Waals surface area contributed by atoms with E-state index in [-0.39, 0.29) is 18.1 Å². The van der Waals surface area contributed by atoms with Crippen LogP contribution in [0, 0.1) is 12.8 Å². The van der Waals surface area contributed by atoms with E-state index in [1.54, 1.807) is 11.8 Å². The molecule has 1 aromatic carbocycles. The van der Waals surface area contributed by atoms with Crippen LogP contribution >= 0.6 is 11.5 Å². The summed E-state index contributed by atoms with van der Waals surface area (Å²) in [5, 5.41) is 13.8. The molecule has 0 aliphatic carbocycles. The SMILES string of the molecule is Cc1nsc(NC(=O)N2CCC(C(O)Cc3ccccc3)CC2)n1. The monoisotopic (exact) mass is 346 g/mol. The van der Waals surface area contributed by atoms with Gasteiger partial charge in [-0.1, -0.05) is 30.3 Å². The summed E-state index contributed by atoms with van der Waals surface area (Å²) in [5.74, 6) is 0.899. The van der Waals surface area contributed by atoms with Gasteiger partial charge in [0.2, 0.25) is 5.13 Å². The van der Waals surface area contributed by atoms with Crippen molar-refractivity contribution in [2.24, 2.45) is 5.92 Å². The van der Waals surface area contributed by atoms with Crippen molar-refractivity contribution in [2.75, 3.05) is 18.4 Å². The number of carbonyl (C=O) groups excluding carboxylic acids is 1. The summed E-state index contributed by atoms with van der Waals surface area (Å²) in [6, 6.07) is 9.90. The number of carbonyl (C=O) groups is 1.